The van der Waals surface area contributed by atoms with Gasteiger partial charge in [0.2, 0.25) is 10.0 Å². The molecule has 0 N–H and O–H groups in total. The van der Waals surface area contributed by atoms with E-state index in [0.29, 0.717) is 6.42 Å². The maximum atomic E-state index is 13.0. The van der Waals surface area contributed by atoms with E-state index >= 15 is 0 Å². The van der Waals surface area contributed by atoms with Gasteiger partial charge in [-0.15, -0.1) is 0 Å². The van der Waals surface area contributed by atoms with Crippen molar-refractivity contribution in [2.75, 3.05) is 13.1 Å². The van der Waals surface area contributed by atoms with Crippen LogP contribution in [0.15, 0.2) is 29.2 Å². The van der Waals surface area contributed by atoms with Gasteiger partial charge in [0.1, 0.15) is 6.17 Å². The fourth-order valence-corrected chi connectivity index (χ4v) is 3.50. The van der Waals surface area contributed by atoms with E-state index in [1.807, 2.05) is 0 Å². The molecule has 0 unspecified atom stereocenters. The number of nitrogens with zero attached hydrogens (tertiary/aromatic N) is 1. The molecule has 2 rings (SSSR count). The van der Waals surface area contributed by atoms with Gasteiger partial charge in [0.25, 0.3) is 0 Å². The van der Waals surface area contributed by atoms with Crippen LogP contribution in [0.3, 0.4) is 0 Å². The summed E-state index contributed by atoms with van der Waals surface area (Å²) in [4.78, 5) is 0.238. The number of halogens is 2. The highest BCUT2D eigenvalue weighted by atomic mass is 127. The topological polar surface area (TPSA) is 37.4 Å². The van der Waals surface area contributed by atoms with Gasteiger partial charge in [-0.3, -0.25) is 0 Å². The minimum atomic E-state index is -3.50. The highest BCUT2D eigenvalue weighted by Gasteiger charge is 2.32. The SMILES string of the molecule is O=S(=O)(c1ccc(I)cc1)N1CC[C@@H](F)C1. The van der Waals surface area contributed by atoms with Gasteiger partial charge in [-0.1, -0.05) is 0 Å². The first kappa shape index (κ1) is 12.3. The third-order valence-corrected chi connectivity index (χ3v) is 5.14. The summed E-state index contributed by atoms with van der Waals surface area (Å²) in [7, 11) is -3.50. The Bertz CT molecular complexity index is 474. The fourth-order valence-electron chi connectivity index (χ4n) is 1.66. The van der Waals surface area contributed by atoms with Gasteiger partial charge in [-0.25, -0.2) is 12.8 Å². The van der Waals surface area contributed by atoms with Crippen molar-refractivity contribution >= 4 is 32.6 Å². The Kier molecular flexibility index (Phi) is 3.50. The van der Waals surface area contributed by atoms with Crippen LogP contribution in [0.2, 0.25) is 0 Å². The molecule has 3 nitrogen and oxygen atoms in total. The molecular weight excluding hydrogens is 344 g/mol. The molecule has 1 aliphatic heterocycles. The highest BCUT2D eigenvalue weighted by molar-refractivity contribution is 14.1. The van der Waals surface area contributed by atoms with Crippen molar-refractivity contribution in [3.63, 3.8) is 0 Å². The average molecular weight is 355 g/mol. The predicted octanol–water partition coefficient (Wildman–Crippen LogP) is 2.02. The molecule has 1 saturated heterocycles. The summed E-state index contributed by atoms with van der Waals surface area (Å²) in [5, 5.41) is 0. The Morgan fingerprint density at radius 2 is 1.94 bits per heavy atom. The number of benzene rings is 1. The highest BCUT2D eigenvalue weighted by Crippen LogP contribution is 2.22. The lowest BCUT2D eigenvalue weighted by Crippen LogP contribution is -2.29. The quantitative estimate of drug-likeness (QED) is 0.762. The molecule has 1 aliphatic rings. The maximum Gasteiger partial charge on any atom is 0.243 e. The standard InChI is InChI=1S/C10H11FINO2S/c11-8-5-6-13(7-8)16(14,15)10-3-1-9(12)2-4-10/h1-4,8H,5-7H2/t8-/m1/s1. The van der Waals surface area contributed by atoms with Crippen LogP contribution in [0.4, 0.5) is 4.39 Å². The molecule has 0 radical (unpaired) electrons. The van der Waals surface area contributed by atoms with E-state index in [1.165, 1.54) is 4.31 Å². The van der Waals surface area contributed by atoms with Gasteiger partial charge in [0, 0.05) is 16.7 Å². The molecule has 0 amide bonds. The van der Waals surface area contributed by atoms with E-state index in [0.717, 1.165) is 3.57 Å². The lowest BCUT2D eigenvalue weighted by atomic mass is 10.4. The normalized spacial score (nSPS) is 22.5. The molecule has 0 bridgehead atoms. The van der Waals surface area contributed by atoms with Crippen molar-refractivity contribution in [3.05, 3.63) is 27.8 Å². The van der Waals surface area contributed by atoms with Crippen LogP contribution in [-0.4, -0.2) is 32.0 Å². The van der Waals surface area contributed by atoms with Crippen molar-refractivity contribution in [3.8, 4) is 0 Å². The van der Waals surface area contributed by atoms with Crippen LogP contribution in [-0.2, 0) is 10.0 Å². The minimum Gasteiger partial charge on any atom is -0.246 e. The van der Waals surface area contributed by atoms with Crippen molar-refractivity contribution in [2.45, 2.75) is 17.5 Å². The van der Waals surface area contributed by atoms with Crippen molar-refractivity contribution in [1.82, 2.24) is 4.31 Å². The number of hydrogen-bond acceptors (Lipinski definition) is 2. The first-order valence-electron chi connectivity index (χ1n) is 4.90. The lowest BCUT2D eigenvalue weighted by Gasteiger charge is -2.15. The molecule has 16 heavy (non-hydrogen) atoms. The molecule has 1 heterocycles. The zero-order valence-corrected chi connectivity index (χ0v) is 11.4. The van der Waals surface area contributed by atoms with Crippen LogP contribution in [0.1, 0.15) is 6.42 Å². The van der Waals surface area contributed by atoms with Crippen LogP contribution < -0.4 is 0 Å². The van der Waals surface area contributed by atoms with Crippen LogP contribution >= 0.6 is 22.6 Å². The van der Waals surface area contributed by atoms with Gasteiger partial charge in [-0.05, 0) is 53.3 Å². The molecule has 6 heteroatoms. The number of alkyl halides is 1. The van der Waals surface area contributed by atoms with Crippen LogP contribution in [0, 0.1) is 3.57 Å². The van der Waals surface area contributed by atoms with E-state index in [2.05, 4.69) is 22.6 Å². The van der Waals surface area contributed by atoms with Gasteiger partial charge in [-0.2, -0.15) is 4.31 Å². The van der Waals surface area contributed by atoms with Gasteiger partial charge in [0.15, 0.2) is 0 Å². The summed E-state index contributed by atoms with van der Waals surface area (Å²) in [6, 6.07) is 6.58. The van der Waals surface area contributed by atoms with Crippen LogP contribution in [0.5, 0.6) is 0 Å². The summed E-state index contributed by atoms with van der Waals surface area (Å²) in [6.45, 7) is 0.254. The second-order valence-electron chi connectivity index (χ2n) is 3.70. The Labute approximate surface area is 108 Å². The summed E-state index contributed by atoms with van der Waals surface area (Å²) < 4.78 is 39.3. The van der Waals surface area contributed by atoms with E-state index < -0.39 is 16.2 Å². The van der Waals surface area contributed by atoms with Crippen molar-refractivity contribution < 1.29 is 12.8 Å². The molecule has 1 aromatic rings. The van der Waals surface area contributed by atoms with E-state index in [9.17, 15) is 12.8 Å². The molecule has 1 atom stereocenters. The average Bonchev–Trinajstić information content (AvgIpc) is 2.66. The lowest BCUT2D eigenvalue weighted by molar-refractivity contribution is 0.343. The Hall–Kier alpha value is -0.210. The Morgan fingerprint density at radius 3 is 2.44 bits per heavy atom. The first-order valence-corrected chi connectivity index (χ1v) is 7.42. The number of sulfonamides is 1. The van der Waals surface area contributed by atoms with E-state index in [1.54, 1.807) is 24.3 Å². The van der Waals surface area contributed by atoms with Crippen molar-refractivity contribution in [2.24, 2.45) is 0 Å². The van der Waals surface area contributed by atoms with Gasteiger partial charge in [0.05, 0.1) is 4.90 Å². The molecule has 0 aliphatic carbocycles. The summed E-state index contributed by atoms with van der Waals surface area (Å²) in [6.07, 6.45) is -0.734. The minimum absolute atomic E-state index is 0.0195. The molecule has 1 aromatic carbocycles. The molecule has 0 aromatic heterocycles. The zero-order chi connectivity index (χ0) is 11.8. The molecule has 88 valence electrons. The first-order chi connectivity index (χ1) is 7.50. The second-order valence-corrected chi connectivity index (χ2v) is 6.89. The Morgan fingerprint density at radius 1 is 1.31 bits per heavy atom. The zero-order valence-electron chi connectivity index (χ0n) is 8.44. The summed E-state index contributed by atoms with van der Waals surface area (Å²) >= 11 is 2.11. The van der Waals surface area contributed by atoms with Gasteiger partial charge < -0.3 is 0 Å². The van der Waals surface area contributed by atoms with Crippen molar-refractivity contribution in [1.29, 1.82) is 0 Å². The number of hydrogen-bond donors (Lipinski definition) is 0. The second kappa shape index (κ2) is 4.58. The summed E-state index contributed by atoms with van der Waals surface area (Å²) in [5.74, 6) is 0. The monoisotopic (exact) mass is 355 g/mol. The molecule has 0 spiro atoms. The fraction of sp³-hybridized carbons (Fsp3) is 0.400. The van der Waals surface area contributed by atoms with Crippen LogP contribution in [0.25, 0.3) is 0 Å². The largest absolute Gasteiger partial charge is 0.246 e. The third-order valence-electron chi connectivity index (χ3n) is 2.54. The summed E-state index contributed by atoms with van der Waals surface area (Å²) in [5.41, 5.74) is 0. The Balaban J connectivity index is 2.29. The number of rotatable bonds is 2. The molecular formula is C10H11FINO2S. The molecule has 0 saturated carbocycles. The maximum absolute atomic E-state index is 13.0. The predicted molar refractivity (Wildman–Crippen MR) is 67.4 cm³/mol. The smallest absolute Gasteiger partial charge is 0.243 e. The molecule has 1 fully saturated rings. The van der Waals surface area contributed by atoms with Gasteiger partial charge >= 0.3 is 0 Å². The van der Waals surface area contributed by atoms with E-state index in [4.69, 9.17) is 0 Å². The third kappa shape index (κ3) is 2.38. The van der Waals surface area contributed by atoms with E-state index in [-0.39, 0.29) is 18.0 Å².